The molecule has 3 rings (SSSR count). The van der Waals surface area contributed by atoms with Crippen LogP contribution in [0.25, 0.3) is 0 Å². The van der Waals surface area contributed by atoms with Crippen molar-refractivity contribution in [1.82, 2.24) is 4.98 Å². The smallest absolute Gasteiger partial charge is 0.237 e. The lowest BCUT2D eigenvalue weighted by molar-refractivity contribution is -0.116. The van der Waals surface area contributed by atoms with Crippen LogP contribution < -0.4 is 4.90 Å². The van der Waals surface area contributed by atoms with E-state index >= 15 is 0 Å². The second kappa shape index (κ2) is 5.67. The molecular formula is C16H16N2OS. The topological polar surface area (TPSA) is 33.2 Å². The van der Waals surface area contributed by atoms with Crippen LogP contribution in [0.1, 0.15) is 18.4 Å². The van der Waals surface area contributed by atoms with Gasteiger partial charge in [-0.3, -0.25) is 9.78 Å². The summed E-state index contributed by atoms with van der Waals surface area (Å²) in [7, 11) is 0. The van der Waals surface area contributed by atoms with Crippen molar-refractivity contribution in [3.05, 3.63) is 54.4 Å². The van der Waals surface area contributed by atoms with E-state index in [1.165, 1.54) is 5.56 Å². The molecule has 0 fully saturated rings. The average Bonchev–Trinajstić information content (AvgIpc) is 2.84. The van der Waals surface area contributed by atoms with Gasteiger partial charge in [0.25, 0.3) is 0 Å². The van der Waals surface area contributed by atoms with Gasteiger partial charge in [0, 0.05) is 35.4 Å². The Kier molecular flexibility index (Phi) is 3.74. The molecule has 2 aromatic rings. The molecule has 0 saturated heterocycles. The monoisotopic (exact) mass is 284 g/mol. The van der Waals surface area contributed by atoms with E-state index in [0.29, 0.717) is 11.7 Å². The fourth-order valence-electron chi connectivity index (χ4n) is 2.51. The first-order valence-electron chi connectivity index (χ1n) is 6.68. The summed E-state index contributed by atoms with van der Waals surface area (Å²) in [6, 6.07) is 12.0. The summed E-state index contributed by atoms with van der Waals surface area (Å²) in [6.45, 7) is 2.96. The van der Waals surface area contributed by atoms with Crippen LogP contribution in [0, 0.1) is 0 Å². The molecule has 1 aromatic heterocycles. The van der Waals surface area contributed by atoms with Crippen molar-refractivity contribution in [3.8, 4) is 0 Å². The number of fused-ring (bicyclic) bond motifs is 1. The molecule has 1 amide bonds. The molecule has 1 atom stereocenters. The van der Waals surface area contributed by atoms with Gasteiger partial charge in [0.15, 0.2) is 0 Å². The third-order valence-corrected chi connectivity index (χ3v) is 4.52. The first kappa shape index (κ1) is 13.2. The Hall–Kier alpha value is -1.81. The molecule has 20 heavy (non-hydrogen) atoms. The van der Waals surface area contributed by atoms with Gasteiger partial charge in [-0.2, -0.15) is 0 Å². The highest BCUT2D eigenvalue weighted by molar-refractivity contribution is 8.00. The van der Waals surface area contributed by atoms with E-state index in [1.54, 1.807) is 24.2 Å². The van der Waals surface area contributed by atoms with Crippen LogP contribution >= 0.6 is 11.8 Å². The maximum atomic E-state index is 12.4. The Balaban J connectivity index is 1.70. The number of thioether (sulfide) groups is 1. The number of hydrogen-bond acceptors (Lipinski definition) is 3. The number of para-hydroxylation sites is 1. The van der Waals surface area contributed by atoms with E-state index in [0.717, 1.165) is 17.1 Å². The summed E-state index contributed by atoms with van der Waals surface area (Å²) in [5.74, 6) is 1.05. The van der Waals surface area contributed by atoms with Crippen LogP contribution in [0.15, 0.2) is 53.7 Å². The standard InChI is InChI=1S/C16H16N2OS/c1-12-10-18(15-5-3-2-4-14(12)15)16(19)11-20-13-6-8-17-9-7-13/h2-9,12H,10-11H2,1H3. The van der Waals surface area contributed by atoms with E-state index in [2.05, 4.69) is 18.0 Å². The first-order chi connectivity index (χ1) is 9.75. The Morgan fingerprint density at radius 3 is 2.85 bits per heavy atom. The number of nitrogens with zero attached hydrogens (tertiary/aromatic N) is 2. The number of rotatable bonds is 3. The van der Waals surface area contributed by atoms with Crippen molar-refractivity contribution in [2.24, 2.45) is 0 Å². The molecule has 1 aromatic carbocycles. The number of aromatic nitrogens is 1. The molecule has 1 aliphatic rings. The SMILES string of the molecule is CC1CN(C(=O)CSc2ccncc2)c2ccccc21. The number of benzene rings is 1. The van der Waals surface area contributed by atoms with E-state index in [1.807, 2.05) is 35.2 Å². The molecule has 1 unspecified atom stereocenters. The number of hydrogen-bond donors (Lipinski definition) is 0. The largest absolute Gasteiger partial charge is 0.311 e. The summed E-state index contributed by atoms with van der Waals surface area (Å²) in [6.07, 6.45) is 3.50. The zero-order chi connectivity index (χ0) is 13.9. The molecule has 0 spiro atoms. The fraction of sp³-hybridized carbons (Fsp3) is 0.250. The minimum atomic E-state index is 0.170. The predicted molar refractivity (Wildman–Crippen MR) is 82.2 cm³/mol. The Morgan fingerprint density at radius 1 is 1.30 bits per heavy atom. The summed E-state index contributed by atoms with van der Waals surface area (Å²) in [5.41, 5.74) is 2.34. The van der Waals surface area contributed by atoms with Crippen molar-refractivity contribution in [2.45, 2.75) is 17.7 Å². The van der Waals surface area contributed by atoms with Crippen molar-refractivity contribution >= 4 is 23.4 Å². The maximum Gasteiger partial charge on any atom is 0.237 e. The number of carbonyl (C=O) groups is 1. The van der Waals surface area contributed by atoms with Crippen LogP contribution in [-0.2, 0) is 4.79 Å². The summed E-state index contributed by atoms with van der Waals surface area (Å²) in [4.78, 5) is 19.4. The van der Waals surface area contributed by atoms with E-state index in [9.17, 15) is 4.79 Å². The third kappa shape index (κ3) is 2.56. The van der Waals surface area contributed by atoms with Crippen LogP contribution in [0.2, 0.25) is 0 Å². The molecular weight excluding hydrogens is 268 g/mol. The van der Waals surface area contributed by atoms with Crippen LogP contribution in [-0.4, -0.2) is 23.2 Å². The lowest BCUT2D eigenvalue weighted by Gasteiger charge is -2.17. The van der Waals surface area contributed by atoms with Gasteiger partial charge in [-0.1, -0.05) is 25.1 Å². The van der Waals surface area contributed by atoms with Crippen LogP contribution in [0.5, 0.6) is 0 Å². The zero-order valence-corrected chi connectivity index (χ0v) is 12.1. The van der Waals surface area contributed by atoms with Crippen molar-refractivity contribution in [3.63, 3.8) is 0 Å². The molecule has 102 valence electrons. The quantitative estimate of drug-likeness (QED) is 0.811. The van der Waals surface area contributed by atoms with E-state index in [-0.39, 0.29) is 5.91 Å². The molecule has 0 radical (unpaired) electrons. The molecule has 0 aliphatic carbocycles. The number of pyridine rings is 1. The Morgan fingerprint density at radius 2 is 2.05 bits per heavy atom. The van der Waals surface area contributed by atoms with Gasteiger partial charge >= 0.3 is 0 Å². The fourth-order valence-corrected chi connectivity index (χ4v) is 3.27. The van der Waals surface area contributed by atoms with Gasteiger partial charge in [-0.15, -0.1) is 11.8 Å². The van der Waals surface area contributed by atoms with Gasteiger partial charge in [0.1, 0.15) is 0 Å². The molecule has 0 N–H and O–H groups in total. The molecule has 4 heteroatoms. The lowest BCUT2D eigenvalue weighted by Crippen LogP contribution is -2.31. The second-order valence-corrected chi connectivity index (χ2v) is 5.98. The van der Waals surface area contributed by atoms with Crippen LogP contribution in [0.4, 0.5) is 5.69 Å². The highest BCUT2D eigenvalue weighted by Gasteiger charge is 2.28. The summed E-state index contributed by atoms with van der Waals surface area (Å²) in [5, 5.41) is 0. The van der Waals surface area contributed by atoms with Crippen molar-refractivity contribution in [1.29, 1.82) is 0 Å². The minimum Gasteiger partial charge on any atom is -0.311 e. The third-order valence-electron chi connectivity index (χ3n) is 3.53. The molecule has 1 aliphatic heterocycles. The average molecular weight is 284 g/mol. The molecule has 0 bridgehead atoms. The highest BCUT2D eigenvalue weighted by atomic mass is 32.2. The second-order valence-electron chi connectivity index (χ2n) is 4.94. The van der Waals surface area contributed by atoms with Crippen molar-refractivity contribution in [2.75, 3.05) is 17.2 Å². The van der Waals surface area contributed by atoms with Gasteiger partial charge in [-0.05, 0) is 23.8 Å². The lowest BCUT2D eigenvalue weighted by atomic mass is 10.0. The molecule has 2 heterocycles. The van der Waals surface area contributed by atoms with Gasteiger partial charge in [0.2, 0.25) is 5.91 Å². The maximum absolute atomic E-state index is 12.4. The zero-order valence-electron chi connectivity index (χ0n) is 11.3. The Bertz CT molecular complexity index is 615. The molecule has 3 nitrogen and oxygen atoms in total. The van der Waals surface area contributed by atoms with E-state index < -0.39 is 0 Å². The van der Waals surface area contributed by atoms with Gasteiger partial charge in [0.05, 0.1) is 5.75 Å². The molecule has 0 saturated carbocycles. The minimum absolute atomic E-state index is 0.170. The van der Waals surface area contributed by atoms with Gasteiger partial charge in [-0.25, -0.2) is 0 Å². The number of anilines is 1. The first-order valence-corrected chi connectivity index (χ1v) is 7.66. The highest BCUT2D eigenvalue weighted by Crippen LogP contribution is 2.36. The Labute approximate surface area is 123 Å². The summed E-state index contributed by atoms with van der Waals surface area (Å²) >= 11 is 1.56. The number of amides is 1. The van der Waals surface area contributed by atoms with Crippen LogP contribution in [0.3, 0.4) is 0 Å². The normalized spacial score (nSPS) is 17.1. The van der Waals surface area contributed by atoms with Crippen molar-refractivity contribution < 1.29 is 4.79 Å². The predicted octanol–water partition coefficient (Wildman–Crippen LogP) is 3.32. The van der Waals surface area contributed by atoms with Gasteiger partial charge < -0.3 is 4.90 Å². The van der Waals surface area contributed by atoms with E-state index in [4.69, 9.17) is 0 Å². The number of carbonyl (C=O) groups excluding carboxylic acids is 1. The summed E-state index contributed by atoms with van der Waals surface area (Å²) < 4.78 is 0.